The van der Waals surface area contributed by atoms with Gasteiger partial charge in [-0.05, 0) is 41.8 Å². The molecule has 0 saturated carbocycles. The molecule has 1 aliphatic rings. The number of nitrogens with zero attached hydrogens (tertiary/aromatic N) is 1. The van der Waals surface area contributed by atoms with Crippen molar-refractivity contribution in [2.24, 2.45) is 5.92 Å². The fraction of sp³-hybridized carbons (Fsp3) is 0.300. The molecule has 0 aromatic heterocycles. The van der Waals surface area contributed by atoms with E-state index in [0.717, 1.165) is 17.0 Å². The molecule has 2 amide bonds. The van der Waals surface area contributed by atoms with Crippen LogP contribution in [0.25, 0.3) is 0 Å². The van der Waals surface area contributed by atoms with E-state index in [1.807, 2.05) is 43.0 Å². The molecule has 3 rings (SSSR count). The number of carbonyl (C=O) groups excluding carboxylic acids is 2. The molecule has 0 aliphatic carbocycles. The first-order valence-electron chi connectivity index (χ1n) is 8.73. The fourth-order valence-corrected chi connectivity index (χ4v) is 3.36. The van der Waals surface area contributed by atoms with Crippen molar-refractivity contribution in [1.29, 1.82) is 0 Å². The lowest BCUT2D eigenvalue weighted by Crippen LogP contribution is -2.50. The van der Waals surface area contributed by atoms with Crippen molar-refractivity contribution in [2.75, 3.05) is 17.3 Å². The molecule has 27 heavy (non-hydrogen) atoms. The molecular formula is C20H23N3O4. The molecule has 1 heterocycles. The van der Waals surface area contributed by atoms with Gasteiger partial charge in [-0.15, -0.1) is 0 Å². The Morgan fingerprint density at radius 2 is 1.96 bits per heavy atom. The molecule has 142 valence electrons. The standard InChI is InChI=1S/C20H23N3O4/c1-12(2)18-20(25)21-16-10-14(19(24)22-26)6-9-17(16)23(18)11-13-4-7-15(27-3)8-5-13/h4-10,12,18,26H,11H2,1-3H3,(H,21,25)(H,22,24)/t18-/m0/s1. The number of hydrogen-bond acceptors (Lipinski definition) is 5. The summed E-state index contributed by atoms with van der Waals surface area (Å²) in [5.74, 6) is 0.125. The Morgan fingerprint density at radius 1 is 1.26 bits per heavy atom. The molecule has 0 fully saturated rings. The van der Waals surface area contributed by atoms with Crippen LogP contribution in [0.3, 0.4) is 0 Å². The van der Waals surface area contributed by atoms with E-state index in [1.54, 1.807) is 30.8 Å². The zero-order chi connectivity index (χ0) is 19.6. The fourth-order valence-electron chi connectivity index (χ4n) is 3.36. The van der Waals surface area contributed by atoms with Gasteiger partial charge in [0.05, 0.1) is 18.5 Å². The second-order valence-corrected chi connectivity index (χ2v) is 6.83. The van der Waals surface area contributed by atoms with Crippen LogP contribution >= 0.6 is 0 Å². The number of benzene rings is 2. The largest absolute Gasteiger partial charge is 0.497 e. The maximum absolute atomic E-state index is 12.7. The van der Waals surface area contributed by atoms with Crippen LogP contribution in [-0.2, 0) is 11.3 Å². The Balaban J connectivity index is 2.00. The van der Waals surface area contributed by atoms with Crippen LogP contribution in [0.15, 0.2) is 42.5 Å². The molecule has 0 saturated heterocycles. The van der Waals surface area contributed by atoms with Crippen LogP contribution in [0.5, 0.6) is 5.75 Å². The highest BCUT2D eigenvalue weighted by Gasteiger charge is 2.35. The van der Waals surface area contributed by atoms with Gasteiger partial charge in [-0.1, -0.05) is 26.0 Å². The van der Waals surface area contributed by atoms with Crippen LogP contribution in [0, 0.1) is 5.92 Å². The zero-order valence-corrected chi connectivity index (χ0v) is 15.5. The van der Waals surface area contributed by atoms with Gasteiger partial charge in [-0.25, -0.2) is 5.48 Å². The number of hydrogen-bond donors (Lipinski definition) is 3. The summed E-state index contributed by atoms with van der Waals surface area (Å²) in [6, 6.07) is 12.4. The number of nitrogens with one attached hydrogen (secondary N) is 2. The first-order valence-corrected chi connectivity index (χ1v) is 8.73. The quantitative estimate of drug-likeness (QED) is 0.557. The summed E-state index contributed by atoms with van der Waals surface area (Å²) in [6.07, 6.45) is 0. The number of amides is 2. The zero-order valence-electron chi connectivity index (χ0n) is 15.5. The van der Waals surface area contributed by atoms with E-state index in [9.17, 15) is 9.59 Å². The lowest BCUT2D eigenvalue weighted by Gasteiger charge is -2.40. The van der Waals surface area contributed by atoms with E-state index in [1.165, 1.54) is 0 Å². The Labute approximate surface area is 157 Å². The van der Waals surface area contributed by atoms with Gasteiger partial charge in [-0.2, -0.15) is 0 Å². The van der Waals surface area contributed by atoms with Crippen molar-refractivity contribution in [2.45, 2.75) is 26.4 Å². The van der Waals surface area contributed by atoms with Crippen LogP contribution in [-0.4, -0.2) is 30.2 Å². The molecule has 1 atom stereocenters. The van der Waals surface area contributed by atoms with E-state index in [-0.39, 0.29) is 23.4 Å². The molecule has 3 N–H and O–H groups in total. The van der Waals surface area contributed by atoms with E-state index >= 15 is 0 Å². The average Bonchev–Trinajstić information content (AvgIpc) is 2.67. The van der Waals surface area contributed by atoms with Crippen molar-refractivity contribution < 1.29 is 19.5 Å². The summed E-state index contributed by atoms with van der Waals surface area (Å²) in [4.78, 5) is 26.5. The number of anilines is 2. The Bertz CT molecular complexity index is 849. The first-order chi connectivity index (χ1) is 12.9. The molecule has 7 nitrogen and oxygen atoms in total. The predicted octanol–water partition coefficient (Wildman–Crippen LogP) is 2.80. The van der Waals surface area contributed by atoms with Crippen LogP contribution in [0.1, 0.15) is 29.8 Å². The molecule has 2 aromatic rings. The van der Waals surface area contributed by atoms with Crippen LogP contribution < -0.4 is 20.4 Å². The third kappa shape index (κ3) is 3.73. The lowest BCUT2D eigenvalue weighted by atomic mass is 9.96. The Kier molecular flexibility index (Phi) is 5.32. The van der Waals surface area contributed by atoms with Crippen molar-refractivity contribution in [3.05, 3.63) is 53.6 Å². The van der Waals surface area contributed by atoms with Gasteiger partial charge in [0.2, 0.25) is 5.91 Å². The number of rotatable bonds is 5. The highest BCUT2D eigenvalue weighted by atomic mass is 16.5. The van der Waals surface area contributed by atoms with Gasteiger partial charge in [0.25, 0.3) is 5.91 Å². The van der Waals surface area contributed by atoms with Crippen molar-refractivity contribution in [3.63, 3.8) is 0 Å². The second-order valence-electron chi connectivity index (χ2n) is 6.83. The van der Waals surface area contributed by atoms with Gasteiger partial charge in [0.15, 0.2) is 0 Å². The minimum atomic E-state index is -0.625. The number of methoxy groups -OCH3 is 1. The van der Waals surface area contributed by atoms with Gasteiger partial charge in [-0.3, -0.25) is 14.8 Å². The van der Waals surface area contributed by atoms with Gasteiger partial charge in [0, 0.05) is 12.1 Å². The van der Waals surface area contributed by atoms with Crippen molar-refractivity contribution in [1.82, 2.24) is 5.48 Å². The third-order valence-corrected chi connectivity index (χ3v) is 4.68. The summed E-state index contributed by atoms with van der Waals surface area (Å²) in [5.41, 5.74) is 4.30. The third-order valence-electron chi connectivity index (χ3n) is 4.68. The van der Waals surface area contributed by atoms with E-state index in [0.29, 0.717) is 12.2 Å². The second kappa shape index (κ2) is 7.67. The van der Waals surface area contributed by atoms with E-state index < -0.39 is 5.91 Å². The summed E-state index contributed by atoms with van der Waals surface area (Å²) < 4.78 is 5.20. The first kappa shape index (κ1) is 18.7. The van der Waals surface area contributed by atoms with Crippen molar-refractivity contribution in [3.8, 4) is 5.75 Å². The number of carbonyl (C=O) groups is 2. The molecule has 0 bridgehead atoms. The monoisotopic (exact) mass is 369 g/mol. The minimum Gasteiger partial charge on any atom is -0.497 e. The molecule has 7 heteroatoms. The van der Waals surface area contributed by atoms with Gasteiger partial charge < -0.3 is 15.0 Å². The summed E-state index contributed by atoms with van der Waals surface area (Å²) in [7, 11) is 1.62. The maximum atomic E-state index is 12.7. The SMILES string of the molecule is COc1ccc(CN2c3ccc(C(=O)NO)cc3NC(=O)[C@@H]2C(C)C)cc1. The highest BCUT2D eigenvalue weighted by molar-refractivity contribution is 6.05. The highest BCUT2D eigenvalue weighted by Crippen LogP contribution is 2.36. The van der Waals surface area contributed by atoms with Gasteiger partial charge >= 0.3 is 0 Å². The predicted molar refractivity (Wildman–Crippen MR) is 102 cm³/mol. The van der Waals surface area contributed by atoms with Gasteiger partial charge in [0.1, 0.15) is 11.8 Å². The number of hydroxylamine groups is 1. The van der Waals surface area contributed by atoms with Crippen LogP contribution in [0.4, 0.5) is 11.4 Å². The molecule has 0 unspecified atom stereocenters. The molecule has 0 spiro atoms. The van der Waals surface area contributed by atoms with E-state index in [2.05, 4.69) is 5.32 Å². The summed E-state index contributed by atoms with van der Waals surface area (Å²) in [6.45, 7) is 4.55. The maximum Gasteiger partial charge on any atom is 0.274 e. The Hall–Kier alpha value is -3.06. The smallest absolute Gasteiger partial charge is 0.274 e. The van der Waals surface area contributed by atoms with E-state index in [4.69, 9.17) is 9.94 Å². The normalized spacial score (nSPS) is 16.0. The number of fused-ring (bicyclic) bond motifs is 1. The summed E-state index contributed by atoms with van der Waals surface area (Å²) >= 11 is 0. The average molecular weight is 369 g/mol. The molecule has 1 aliphatic heterocycles. The Morgan fingerprint density at radius 3 is 2.56 bits per heavy atom. The molecular weight excluding hydrogens is 346 g/mol. The number of ether oxygens (including phenoxy) is 1. The minimum absolute atomic E-state index is 0.0943. The van der Waals surface area contributed by atoms with Crippen LogP contribution in [0.2, 0.25) is 0 Å². The lowest BCUT2D eigenvalue weighted by molar-refractivity contribution is -0.118. The van der Waals surface area contributed by atoms with Crippen molar-refractivity contribution >= 4 is 23.2 Å². The molecule has 2 aromatic carbocycles. The summed E-state index contributed by atoms with van der Waals surface area (Å²) in [5, 5.41) is 11.7. The molecule has 0 radical (unpaired) electrons. The topological polar surface area (TPSA) is 90.9 Å².